The van der Waals surface area contributed by atoms with E-state index < -0.39 is 0 Å². The van der Waals surface area contributed by atoms with Gasteiger partial charge < -0.3 is 5.32 Å². The van der Waals surface area contributed by atoms with E-state index in [2.05, 4.69) is 72.0 Å². The molecule has 0 fully saturated rings. The second-order valence-corrected chi connectivity index (χ2v) is 5.80. The first-order valence-corrected chi connectivity index (χ1v) is 7.69. The largest absolute Gasteiger partial charge is 0.309 e. The predicted octanol–water partition coefficient (Wildman–Crippen LogP) is 4.69. The second-order valence-electron chi connectivity index (χ2n) is 5.80. The summed E-state index contributed by atoms with van der Waals surface area (Å²) in [5.74, 6) is 0. The van der Waals surface area contributed by atoms with Crippen LogP contribution >= 0.6 is 12.4 Å². The van der Waals surface area contributed by atoms with Gasteiger partial charge in [-0.3, -0.25) is 0 Å². The lowest BCUT2D eigenvalue weighted by atomic mass is 9.89. The second kappa shape index (κ2) is 6.51. The molecule has 3 aromatic rings. The maximum absolute atomic E-state index is 3.69. The van der Waals surface area contributed by atoms with Gasteiger partial charge in [0.25, 0.3) is 0 Å². The normalized spacial score (nSPS) is 16.8. The van der Waals surface area contributed by atoms with Crippen molar-refractivity contribution in [2.75, 3.05) is 6.54 Å². The molecule has 0 aliphatic carbocycles. The van der Waals surface area contributed by atoms with Gasteiger partial charge in [0.15, 0.2) is 0 Å². The maximum Gasteiger partial charge on any atom is 0.0363 e. The molecular formula is C20H20ClN. The molecule has 1 N–H and O–H groups in total. The summed E-state index contributed by atoms with van der Waals surface area (Å²) in [6.07, 6.45) is 2.20. The molecule has 0 amide bonds. The van der Waals surface area contributed by atoms with E-state index in [-0.39, 0.29) is 12.4 Å². The molecule has 112 valence electrons. The zero-order valence-corrected chi connectivity index (χ0v) is 13.3. The van der Waals surface area contributed by atoms with E-state index in [1.165, 1.54) is 27.5 Å². The Morgan fingerprint density at radius 1 is 0.864 bits per heavy atom. The molecule has 1 unspecified atom stereocenters. The summed E-state index contributed by atoms with van der Waals surface area (Å²) < 4.78 is 0. The molecule has 2 heteroatoms. The molecule has 0 saturated carbocycles. The van der Waals surface area contributed by atoms with Gasteiger partial charge in [-0.15, -0.1) is 12.4 Å². The summed E-state index contributed by atoms with van der Waals surface area (Å²) in [4.78, 5) is 0. The summed E-state index contributed by atoms with van der Waals surface area (Å²) in [6, 6.07) is 24.6. The Morgan fingerprint density at radius 2 is 1.64 bits per heavy atom. The molecule has 1 aliphatic heterocycles. The molecule has 1 heterocycles. The van der Waals surface area contributed by atoms with Crippen molar-refractivity contribution < 1.29 is 0 Å². The highest BCUT2D eigenvalue weighted by Crippen LogP contribution is 2.28. The van der Waals surface area contributed by atoms with Crippen LogP contribution in [0.4, 0.5) is 0 Å². The van der Waals surface area contributed by atoms with E-state index in [1.807, 2.05) is 0 Å². The maximum atomic E-state index is 3.69. The Hall–Kier alpha value is -1.83. The average molecular weight is 310 g/mol. The van der Waals surface area contributed by atoms with E-state index in [1.54, 1.807) is 0 Å². The SMILES string of the molecule is Cl.c1ccc2c(c1)CCNC2Cc1cccc2ccccc12. The Balaban J connectivity index is 0.00000144. The highest BCUT2D eigenvalue weighted by atomic mass is 35.5. The zero-order valence-electron chi connectivity index (χ0n) is 12.5. The smallest absolute Gasteiger partial charge is 0.0363 e. The number of nitrogens with one attached hydrogen (secondary N) is 1. The minimum atomic E-state index is 0. The molecule has 1 nitrogen and oxygen atoms in total. The van der Waals surface area contributed by atoms with E-state index in [0.29, 0.717) is 6.04 Å². The van der Waals surface area contributed by atoms with Crippen molar-refractivity contribution in [1.29, 1.82) is 0 Å². The van der Waals surface area contributed by atoms with Crippen LogP contribution in [0.1, 0.15) is 22.7 Å². The number of hydrogen-bond acceptors (Lipinski definition) is 1. The molecular weight excluding hydrogens is 290 g/mol. The summed E-state index contributed by atoms with van der Waals surface area (Å²) in [7, 11) is 0. The Kier molecular flexibility index (Phi) is 4.47. The fourth-order valence-corrected chi connectivity index (χ4v) is 3.47. The van der Waals surface area contributed by atoms with Gasteiger partial charge in [0.2, 0.25) is 0 Å². The van der Waals surface area contributed by atoms with Crippen LogP contribution in [0.5, 0.6) is 0 Å². The van der Waals surface area contributed by atoms with Gasteiger partial charge in [-0.2, -0.15) is 0 Å². The average Bonchev–Trinajstić information content (AvgIpc) is 2.56. The molecule has 0 aromatic heterocycles. The van der Waals surface area contributed by atoms with E-state index in [9.17, 15) is 0 Å². The predicted molar refractivity (Wildman–Crippen MR) is 95.8 cm³/mol. The lowest BCUT2D eigenvalue weighted by molar-refractivity contribution is 0.504. The first kappa shape index (κ1) is 15.1. The third kappa shape index (κ3) is 2.75. The van der Waals surface area contributed by atoms with Gasteiger partial charge in [-0.05, 0) is 46.8 Å². The summed E-state index contributed by atoms with van der Waals surface area (Å²) >= 11 is 0. The Morgan fingerprint density at radius 3 is 2.59 bits per heavy atom. The van der Waals surface area contributed by atoms with Crippen molar-refractivity contribution >= 4 is 23.2 Å². The zero-order chi connectivity index (χ0) is 14.1. The Labute approximate surface area is 137 Å². The van der Waals surface area contributed by atoms with Crippen molar-refractivity contribution in [3.8, 4) is 0 Å². The van der Waals surface area contributed by atoms with E-state index in [4.69, 9.17) is 0 Å². The number of hydrogen-bond donors (Lipinski definition) is 1. The molecule has 0 saturated heterocycles. The van der Waals surface area contributed by atoms with Crippen molar-refractivity contribution in [2.24, 2.45) is 0 Å². The minimum Gasteiger partial charge on any atom is -0.309 e. The molecule has 22 heavy (non-hydrogen) atoms. The number of fused-ring (bicyclic) bond motifs is 2. The molecule has 3 aromatic carbocycles. The van der Waals surface area contributed by atoms with Crippen LogP contribution in [-0.2, 0) is 12.8 Å². The van der Waals surface area contributed by atoms with Gasteiger partial charge in [0.1, 0.15) is 0 Å². The first-order chi connectivity index (χ1) is 10.4. The first-order valence-electron chi connectivity index (χ1n) is 7.69. The fraction of sp³-hybridized carbons (Fsp3) is 0.200. The summed E-state index contributed by atoms with van der Waals surface area (Å²) in [6.45, 7) is 1.08. The molecule has 0 radical (unpaired) electrons. The highest BCUT2D eigenvalue weighted by molar-refractivity contribution is 5.86. The lowest BCUT2D eigenvalue weighted by Gasteiger charge is -2.27. The third-order valence-electron chi connectivity index (χ3n) is 4.52. The van der Waals surface area contributed by atoms with Crippen molar-refractivity contribution in [3.63, 3.8) is 0 Å². The summed E-state index contributed by atoms with van der Waals surface area (Å²) in [5.41, 5.74) is 4.40. The summed E-state index contributed by atoms with van der Waals surface area (Å²) in [5, 5.41) is 6.40. The van der Waals surface area contributed by atoms with E-state index in [0.717, 1.165) is 19.4 Å². The van der Waals surface area contributed by atoms with Crippen LogP contribution < -0.4 is 5.32 Å². The van der Waals surface area contributed by atoms with E-state index >= 15 is 0 Å². The number of benzene rings is 3. The van der Waals surface area contributed by atoms with Crippen LogP contribution in [0.3, 0.4) is 0 Å². The van der Waals surface area contributed by atoms with Crippen molar-refractivity contribution in [2.45, 2.75) is 18.9 Å². The van der Waals surface area contributed by atoms with Gasteiger partial charge in [0.05, 0.1) is 0 Å². The topological polar surface area (TPSA) is 12.0 Å². The molecule has 0 bridgehead atoms. The van der Waals surface area contributed by atoms with Gasteiger partial charge in [-0.1, -0.05) is 66.7 Å². The van der Waals surface area contributed by atoms with Gasteiger partial charge >= 0.3 is 0 Å². The number of halogens is 1. The van der Waals surface area contributed by atoms with Crippen LogP contribution in [0, 0.1) is 0 Å². The van der Waals surface area contributed by atoms with Gasteiger partial charge in [-0.25, -0.2) is 0 Å². The quantitative estimate of drug-likeness (QED) is 0.724. The van der Waals surface area contributed by atoms with Crippen molar-refractivity contribution in [1.82, 2.24) is 5.32 Å². The Bertz CT molecular complexity index is 776. The minimum absolute atomic E-state index is 0. The fourth-order valence-electron chi connectivity index (χ4n) is 3.47. The van der Waals surface area contributed by atoms with Crippen LogP contribution in [0.15, 0.2) is 66.7 Å². The monoisotopic (exact) mass is 309 g/mol. The molecule has 4 rings (SSSR count). The molecule has 1 atom stereocenters. The van der Waals surface area contributed by atoms with Crippen LogP contribution in [-0.4, -0.2) is 6.54 Å². The van der Waals surface area contributed by atoms with Crippen LogP contribution in [0.25, 0.3) is 10.8 Å². The number of rotatable bonds is 2. The van der Waals surface area contributed by atoms with Crippen LogP contribution in [0.2, 0.25) is 0 Å². The standard InChI is InChI=1S/C20H19N.ClH/c1-3-10-18-15(6-1)8-5-9-17(18)14-20-19-11-4-2-7-16(19)12-13-21-20;/h1-11,20-21H,12-14H2;1H. The van der Waals surface area contributed by atoms with Crippen molar-refractivity contribution in [3.05, 3.63) is 83.4 Å². The third-order valence-corrected chi connectivity index (χ3v) is 4.52. The molecule has 1 aliphatic rings. The highest BCUT2D eigenvalue weighted by Gasteiger charge is 2.19. The lowest BCUT2D eigenvalue weighted by Crippen LogP contribution is -2.31. The molecule has 0 spiro atoms. The van der Waals surface area contributed by atoms with Gasteiger partial charge in [0, 0.05) is 6.04 Å².